The Bertz CT molecular complexity index is 3400. The van der Waals surface area contributed by atoms with Crippen molar-refractivity contribution in [1.29, 1.82) is 0 Å². The first kappa shape index (κ1) is 33.8. The van der Waals surface area contributed by atoms with E-state index in [0.29, 0.717) is 0 Å². The van der Waals surface area contributed by atoms with Crippen LogP contribution in [0.15, 0.2) is 199 Å². The number of para-hydroxylation sites is 2. The lowest BCUT2D eigenvalue weighted by molar-refractivity contribution is 0.627. The fraction of sp³-hybridized carbons (Fsp3) is 0.0566. The normalized spacial score (nSPS) is 13.7. The highest BCUT2D eigenvalue weighted by atomic mass is 28.3. The van der Waals surface area contributed by atoms with Gasteiger partial charge in [0, 0.05) is 51.4 Å². The molecular formula is C53H38N4OSi. The van der Waals surface area contributed by atoms with E-state index in [-0.39, 0.29) is 5.41 Å². The van der Waals surface area contributed by atoms with Crippen LogP contribution in [0, 0.1) is 0 Å². The molecule has 4 aromatic heterocycles. The zero-order valence-electron chi connectivity index (χ0n) is 32.7. The zero-order chi connectivity index (χ0) is 39.3. The number of hydrogen-bond donors (Lipinski definition) is 0. The van der Waals surface area contributed by atoms with Crippen LogP contribution in [0.3, 0.4) is 0 Å². The summed E-state index contributed by atoms with van der Waals surface area (Å²) in [5, 5.41) is 11.0. The average Bonchev–Trinajstić information content (AvgIpc) is 3.94. The summed E-state index contributed by atoms with van der Waals surface area (Å²) in [6.07, 6.45) is 5.92. The molecule has 0 saturated carbocycles. The monoisotopic (exact) mass is 774 g/mol. The molecule has 0 aliphatic carbocycles. The second-order valence-corrected chi connectivity index (χ2v) is 20.0. The molecule has 0 radical (unpaired) electrons. The molecule has 0 fully saturated rings. The van der Waals surface area contributed by atoms with Crippen LogP contribution >= 0.6 is 0 Å². The van der Waals surface area contributed by atoms with Gasteiger partial charge >= 0.3 is 0 Å². The SMILES string of the molecule is CC1(C)c2cccnc2N(c2cccc([Si](c3ccccc3)(c3ccccc3)c3ccc4c5ccccc5n5ccnc5c4c3)c2)c2c1ccc1oc3ccccc3c21. The number of hydrogen-bond acceptors (Lipinski definition) is 4. The number of pyridine rings is 2. The largest absolute Gasteiger partial charge is 0.456 e. The van der Waals surface area contributed by atoms with Gasteiger partial charge in [0.25, 0.3) is 0 Å². The fourth-order valence-electron chi connectivity index (χ4n) is 10.2. The Kier molecular flexibility index (Phi) is 7.23. The van der Waals surface area contributed by atoms with Gasteiger partial charge in [-0.3, -0.25) is 9.30 Å². The maximum atomic E-state index is 6.55. The van der Waals surface area contributed by atoms with Crippen molar-refractivity contribution in [3.63, 3.8) is 0 Å². The number of imidazole rings is 1. The van der Waals surface area contributed by atoms with Crippen molar-refractivity contribution in [2.75, 3.05) is 4.90 Å². The first-order valence-electron chi connectivity index (χ1n) is 20.2. The molecule has 5 heterocycles. The van der Waals surface area contributed by atoms with Gasteiger partial charge in [0.15, 0.2) is 8.07 Å². The summed E-state index contributed by atoms with van der Waals surface area (Å²) in [5.74, 6) is 0.936. The molecule has 1 aliphatic heterocycles. The van der Waals surface area contributed by atoms with Crippen LogP contribution in [0.1, 0.15) is 25.0 Å². The van der Waals surface area contributed by atoms with Crippen molar-refractivity contribution in [1.82, 2.24) is 14.4 Å². The van der Waals surface area contributed by atoms with E-state index >= 15 is 0 Å². The van der Waals surface area contributed by atoms with Gasteiger partial charge in [-0.2, -0.15) is 0 Å². The van der Waals surface area contributed by atoms with E-state index in [2.05, 4.69) is 199 Å². The van der Waals surface area contributed by atoms with E-state index in [0.717, 1.165) is 55.7 Å². The topological polar surface area (TPSA) is 46.6 Å². The molecule has 0 saturated heterocycles. The maximum Gasteiger partial charge on any atom is 0.179 e. The summed E-state index contributed by atoms with van der Waals surface area (Å²) < 4.78 is 8.78. The molecule has 11 aromatic rings. The molecule has 12 rings (SSSR count). The molecule has 0 N–H and O–H groups in total. The van der Waals surface area contributed by atoms with Gasteiger partial charge in [-0.05, 0) is 68.1 Å². The van der Waals surface area contributed by atoms with E-state index in [1.165, 1.54) is 42.6 Å². The highest BCUT2D eigenvalue weighted by Crippen LogP contribution is 2.54. The highest BCUT2D eigenvalue weighted by molar-refractivity contribution is 7.20. The van der Waals surface area contributed by atoms with Gasteiger partial charge in [-0.15, -0.1) is 0 Å². The first-order chi connectivity index (χ1) is 29.0. The Hall–Kier alpha value is -7.28. The third-order valence-electron chi connectivity index (χ3n) is 12.8. The van der Waals surface area contributed by atoms with E-state index in [1.54, 1.807) is 0 Å². The third-order valence-corrected chi connectivity index (χ3v) is 17.6. The number of anilines is 3. The minimum Gasteiger partial charge on any atom is -0.456 e. The second-order valence-electron chi connectivity index (χ2n) is 16.2. The summed E-state index contributed by atoms with van der Waals surface area (Å²) in [7, 11) is -3.05. The van der Waals surface area contributed by atoms with Crippen LogP contribution in [0.2, 0.25) is 0 Å². The lowest BCUT2D eigenvalue weighted by atomic mass is 9.74. The van der Waals surface area contributed by atoms with E-state index in [9.17, 15) is 0 Å². The summed E-state index contributed by atoms with van der Waals surface area (Å²) in [4.78, 5) is 12.6. The minimum atomic E-state index is -3.05. The Morgan fingerprint density at radius 2 is 1.22 bits per heavy atom. The molecule has 59 heavy (non-hydrogen) atoms. The quantitative estimate of drug-likeness (QED) is 0.0993. The van der Waals surface area contributed by atoms with Crippen molar-refractivity contribution < 1.29 is 4.42 Å². The molecule has 0 amide bonds. The third kappa shape index (κ3) is 4.72. The predicted molar refractivity (Wildman–Crippen MR) is 246 cm³/mol. The fourth-order valence-corrected chi connectivity index (χ4v) is 15.0. The Morgan fingerprint density at radius 1 is 0.508 bits per heavy atom. The summed E-state index contributed by atoms with van der Waals surface area (Å²) >= 11 is 0. The van der Waals surface area contributed by atoms with Crippen LogP contribution < -0.4 is 25.6 Å². The van der Waals surface area contributed by atoms with Gasteiger partial charge in [-0.1, -0.05) is 153 Å². The zero-order valence-corrected chi connectivity index (χ0v) is 33.7. The average molecular weight is 775 g/mol. The molecule has 0 atom stereocenters. The lowest BCUT2D eigenvalue weighted by Gasteiger charge is -2.42. The van der Waals surface area contributed by atoms with Gasteiger partial charge < -0.3 is 4.42 Å². The molecule has 5 nitrogen and oxygen atoms in total. The van der Waals surface area contributed by atoms with Gasteiger partial charge in [0.05, 0.1) is 16.6 Å². The number of furan rings is 1. The van der Waals surface area contributed by atoms with Gasteiger partial charge in [-0.25, -0.2) is 9.97 Å². The second kappa shape index (κ2) is 12.6. The Balaban J connectivity index is 1.18. The van der Waals surface area contributed by atoms with Crippen molar-refractivity contribution in [2.45, 2.75) is 19.3 Å². The van der Waals surface area contributed by atoms with Crippen LogP contribution in [0.5, 0.6) is 0 Å². The molecule has 7 aromatic carbocycles. The molecule has 6 heteroatoms. The van der Waals surface area contributed by atoms with E-state index in [4.69, 9.17) is 14.4 Å². The smallest absolute Gasteiger partial charge is 0.179 e. The number of benzene rings is 7. The van der Waals surface area contributed by atoms with E-state index < -0.39 is 8.07 Å². The minimum absolute atomic E-state index is 0.306. The highest BCUT2D eigenvalue weighted by Gasteiger charge is 2.44. The summed E-state index contributed by atoms with van der Waals surface area (Å²) in [5.41, 5.74) is 8.16. The Labute approximate surface area is 342 Å². The maximum absolute atomic E-state index is 6.55. The standard InChI is InChI=1S/C53H38N4OSi/c1-53(2)44-28-29-48-49(42-22-10-12-25-47(42)58-48)50(44)57(52-45(53)23-14-30-54-52)35-15-13-20-38(33-35)59(36-16-5-3-6-17-36,37-18-7-4-8-19-37)39-26-27-40-41-21-9-11-24-46(41)56-32-31-55-51(56)43(40)34-39/h3-34H,1-2H3. The molecule has 280 valence electrons. The van der Waals surface area contributed by atoms with Crippen molar-refractivity contribution in [3.05, 3.63) is 206 Å². The molecular weight excluding hydrogens is 737 g/mol. The number of aromatic nitrogens is 3. The van der Waals surface area contributed by atoms with Crippen LogP contribution in [-0.4, -0.2) is 22.4 Å². The van der Waals surface area contributed by atoms with Gasteiger partial charge in [0.2, 0.25) is 0 Å². The molecule has 0 unspecified atom stereocenters. The number of nitrogens with zero attached hydrogens (tertiary/aromatic N) is 4. The first-order valence-corrected chi connectivity index (χ1v) is 22.2. The molecule has 1 aliphatic rings. The van der Waals surface area contributed by atoms with Crippen molar-refractivity contribution >= 4 is 95.3 Å². The van der Waals surface area contributed by atoms with E-state index in [1.807, 2.05) is 18.5 Å². The van der Waals surface area contributed by atoms with Crippen molar-refractivity contribution in [3.8, 4) is 0 Å². The number of rotatable bonds is 5. The summed E-state index contributed by atoms with van der Waals surface area (Å²) in [6.45, 7) is 4.63. The molecule has 0 bridgehead atoms. The molecule has 0 spiro atoms. The van der Waals surface area contributed by atoms with Crippen LogP contribution in [-0.2, 0) is 5.41 Å². The summed E-state index contributed by atoms with van der Waals surface area (Å²) in [6, 6.07) is 64.6. The Morgan fingerprint density at radius 3 is 2.03 bits per heavy atom. The predicted octanol–water partition coefficient (Wildman–Crippen LogP) is 10.4. The van der Waals surface area contributed by atoms with Gasteiger partial charge in [0.1, 0.15) is 22.6 Å². The van der Waals surface area contributed by atoms with Crippen LogP contribution in [0.4, 0.5) is 17.2 Å². The van der Waals surface area contributed by atoms with Crippen LogP contribution in [0.25, 0.3) is 49.3 Å². The lowest BCUT2D eigenvalue weighted by Crippen LogP contribution is -2.74. The van der Waals surface area contributed by atoms with Crippen molar-refractivity contribution in [2.24, 2.45) is 0 Å². The number of fused-ring (bicyclic) bond motifs is 12.